The minimum atomic E-state index is 0.281. The van der Waals surface area contributed by atoms with Crippen molar-refractivity contribution in [2.45, 2.75) is 52.2 Å². The number of ether oxygens (including phenoxy) is 2. The summed E-state index contributed by atoms with van der Waals surface area (Å²) in [5.41, 5.74) is 0. The highest BCUT2D eigenvalue weighted by Gasteiger charge is 2.28. The first-order chi connectivity index (χ1) is 7.79. The molecule has 0 aliphatic carbocycles. The van der Waals surface area contributed by atoms with Gasteiger partial charge in [0, 0.05) is 25.2 Å². The van der Waals surface area contributed by atoms with Crippen molar-refractivity contribution in [3.8, 4) is 0 Å². The molecule has 3 atom stereocenters. The van der Waals surface area contributed by atoms with Crippen LogP contribution in [0, 0.1) is 5.92 Å². The van der Waals surface area contributed by atoms with Gasteiger partial charge >= 0.3 is 0 Å². The Morgan fingerprint density at radius 3 is 2.81 bits per heavy atom. The SMILES string of the molecule is CCCNC(C1CCCOC1)C(C)OCC. The van der Waals surface area contributed by atoms with E-state index in [4.69, 9.17) is 9.47 Å². The molecule has 0 bridgehead atoms. The summed E-state index contributed by atoms with van der Waals surface area (Å²) in [7, 11) is 0. The number of hydrogen-bond donors (Lipinski definition) is 1. The molecule has 0 aromatic rings. The third-order valence-corrected chi connectivity index (χ3v) is 3.27. The summed E-state index contributed by atoms with van der Waals surface area (Å²) < 4.78 is 11.3. The average Bonchev–Trinajstić information content (AvgIpc) is 2.31. The van der Waals surface area contributed by atoms with Crippen LogP contribution in [0.15, 0.2) is 0 Å². The Morgan fingerprint density at radius 2 is 2.25 bits per heavy atom. The van der Waals surface area contributed by atoms with E-state index in [1.807, 2.05) is 0 Å². The van der Waals surface area contributed by atoms with Crippen LogP contribution in [0.3, 0.4) is 0 Å². The maximum Gasteiger partial charge on any atom is 0.0703 e. The van der Waals surface area contributed by atoms with Gasteiger partial charge in [-0.05, 0) is 39.7 Å². The summed E-state index contributed by atoms with van der Waals surface area (Å²) in [6.45, 7) is 10.1. The second kappa shape index (κ2) is 8.04. The molecule has 3 heteroatoms. The maximum absolute atomic E-state index is 5.74. The lowest BCUT2D eigenvalue weighted by molar-refractivity contribution is -0.0155. The third kappa shape index (κ3) is 4.40. The van der Waals surface area contributed by atoms with E-state index in [2.05, 4.69) is 26.1 Å². The molecule has 1 saturated heterocycles. The third-order valence-electron chi connectivity index (χ3n) is 3.27. The van der Waals surface area contributed by atoms with Crippen LogP contribution >= 0.6 is 0 Å². The van der Waals surface area contributed by atoms with Crippen LogP contribution < -0.4 is 5.32 Å². The van der Waals surface area contributed by atoms with Gasteiger partial charge in [0.15, 0.2) is 0 Å². The first-order valence-electron chi connectivity index (χ1n) is 6.72. The lowest BCUT2D eigenvalue weighted by Gasteiger charge is -2.34. The van der Waals surface area contributed by atoms with E-state index < -0.39 is 0 Å². The predicted octanol–water partition coefficient (Wildman–Crippen LogP) is 2.21. The Balaban J connectivity index is 2.46. The number of hydrogen-bond acceptors (Lipinski definition) is 3. The van der Waals surface area contributed by atoms with Gasteiger partial charge in [0.25, 0.3) is 0 Å². The summed E-state index contributed by atoms with van der Waals surface area (Å²) in [4.78, 5) is 0. The fourth-order valence-electron chi connectivity index (χ4n) is 2.44. The first kappa shape index (κ1) is 13.9. The van der Waals surface area contributed by atoms with Crippen LogP contribution in [-0.2, 0) is 9.47 Å². The molecule has 1 rings (SSSR count). The zero-order chi connectivity index (χ0) is 11.8. The lowest BCUT2D eigenvalue weighted by atomic mass is 9.90. The van der Waals surface area contributed by atoms with Crippen molar-refractivity contribution in [3.63, 3.8) is 0 Å². The molecule has 0 radical (unpaired) electrons. The van der Waals surface area contributed by atoms with Crippen molar-refractivity contribution in [3.05, 3.63) is 0 Å². The fourth-order valence-corrected chi connectivity index (χ4v) is 2.44. The number of nitrogens with one attached hydrogen (secondary N) is 1. The first-order valence-corrected chi connectivity index (χ1v) is 6.72. The molecular weight excluding hydrogens is 202 g/mol. The maximum atomic E-state index is 5.74. The molecule has 3 nitrogen and oxygen atoms in total. The fraction of sp³-hybridized carbons (Fsp3) is 1.00. The van der Waals surface area contributed by atoms with Crippen molar-refractivity contribution in [1.29, 1.82) is 0 Å². The molecule has 1 heterocycles. The Hall–Kier alpha value is -0.120. The number of rotatable bonds is 7. The van der Waals surface area contributed by atoms with E-state index in [0.717, 1.165) is 26.4 Å². The Labute approximate surface area is 99.9 Å². The highest BCUT2D eigenvalue weighted by Crippen LogP contribution is 2.21. The smallest absolute Gasteiger partial charge is 0.0703 e. The van der Waals surface area contributed by atoms with Crippen molar-refractivity contribution < 1.29 is 9.47 Å². The zero-order valence-electron chi connectivity index (χ0n) is 11.0. The summed E-state index contributed by atoms with van der Waals surface area (Å²) in [5.74, 6) is 0.613. The normalized spacial score (nSPS) is 25.3. The van der Waals surface area contributed by atoms with E-state index in [1.165, 1.54) is 19.3 Å². The Morgan fingerprint density at radius 1 is 1.44 bits per heavy atom. The second-order valence-electron chi connectivity index (χ2n) is 4.62. The molecule has 3 unspecified atom stereocenters. The molecule has 1 N–H and O–H groups in total. The van der Waals surface area contributed by atoms with Gasteiger partial charge in [-0.1, -0.05) is 6.92 Å². The van der Waals surface area contributed by atoms with Gasteiger partial charge in [-0.15, -0.1) is 0 Å². The van der Waals surface area contributed by atoms with Gasteiger partial charge in [0.1, 0.15) is 0 Å². The molecule has 0 spiro atoms. The Kier molecular flexibility index (Phi) is 7.01. The minimum absolute atomic E-state index is 0.281. The molecule has 1 aliphatic heterocycles. The molecular formula is C13H27NO2. The molecule has 16 heavy (non-hydrogen) atoms. The summed E-state index contributed by atoms with van der Waals surface area (Å²) in [5, 5.41) is 3.62. The summed E-state index contributed by atoms with van der Waals surface area (Å²) in [6, 6.07) is 0.445. The van der Waals surface area contributed by atoms with Gasteiger partial charge < -0.3 is 14.8 Å². The summed E-state index contributed by atoms with van der Waals surface area (Å²) in [6.07, 6.45) is 3.90. The van der Waals surface area contributed by atoms with Crippen LogP contribution in [0.1, 0.15) is 40.0 Å². The molecule has 0 amide bonds. The average molecular weight is 229 g/mol. The molecule has 0 saturated carbocycles. The van der Waals surface area contributed by atoms with Gasteiger partial charge in [-0.2, -0.15) is 0 Å². The quantitative estimate of drug-likeness (QED) is 0.726. The molecule has 0 aromatic heterocycles. The largest absolute Gasteiger partial charge is 0.381 e. The van der Waals surface area contributed by atoms with Crippen LogP contribution in [0.5, 0.6) is 0 Å². The zero-order valence-corrected chi connectivity index (χ0v) is 11.0. The predicted molar refractivity (Wildman–Crippen MR) is 66.7 cm³/mol. The van der Waals surface area contributed by atoms with Crippen LogP contribution in [0.2, 0.25) is 0 Å². The highest BCUT2D eigenvalue weighted by atomic mass is 16.5. The summed E-state index contributed by atoms with van der Waals surface area (Å²) >= 11 is 0. The van der Waals surface area contributed by atoms with Crippen molar-refractivity contribution in [2.75, 3.05) is 26.4 Å². The van der Waals surface area contributed by atoms with Gasteiger partial charge in [-0.3, -0.25) is 0 Å². The van der Waals surface area contributed by atoms with Gasteiger partial charge in [0.05, 0.1) is 12.7 Å². The second-order valence-corrected chi connectivity index (χ2v) is 4.62. The lowest BCUT2D eigenvalue weighted by Crippen LogP contribution is -2.48. The van der Waals surface area contributed by atoms with Gasteiger partial charge in [0.2, 0.25) is 0 Å². The molecule has 0 aromatic carbocycles. The standard InChI is InChI=1S/C13H27NO2/c1-4-8-14-13(11(3)16-5-2)12-7-6-9-15-10-12/h11-14H,4-10H2,1-3H3. The van der Waals surface area contributed by atoms with Crippen molar-refractivity contribution in [2.24, 2.45) is 5.92 Å². The van der Waals surface area contributed by atoms with E-state index in [9.17, 15) is 0 Å². The van der Waals surface area contributed by atoms with E-state index in [0.29, 0.717) is 12.0 Å². The molecule has 96 valence electrons. The van der Waals surface area contributed by atoms with Crippen LogP contribution in [-0.4, -0.2) is 38.5 Å². The van der Waals surface area contributed by atoms with E-state index in [-0.39, 0.29) is 6.10 Å². The van der Waals surface area contributed by atoms with Gasteiger partial charge in [-0.25, -0.2) is 0 Å². The van der Waals surface area contributed by atoms with Crippen molar-refractivity contribution in [1.82, 2.24) is 5.32 Å². The molecule has 1 aliphatic rings. The molecule has 1 fully saturated rings. The van der Waals surface area contributed by atoms with Crippen LogP contribution in [0.4, 0.5) is 0 Å². The topological polar surface area (TPSA) is 30.5 Å². The van der Waals surface area contributed by atoms with E-state index in [1.54, 1.807) is 0 Å². The monoisotopic (exact) mass is 229 g/mol. The highest BCUT2D eigenvalue weighted by molar-refractivity contribution is 4.83. The Bertz CT molecular complexity index is 169. The minimum Gasteiger partial charge on any atom is -0.381 e. The van der Waals surface area contributed by atoms with E-state index >= 15 is 0 Å². The van der Waals surface area contributed by atoms with Crippen LogP contribution in [0.25, 0.3) is 0 Å². The van der Waals surface area contributed by atoms with Crippen molar-refractivity contribution >= 4 is 0 Å².